The lowest BCUT2D eigenvalue weighted by molar-refractivity contribution is 0.0916. The van der Waals surface area contributed by atoms with Crippen LogP contribution in [0.1, 0.15) is 43.1 Å². The minimum atomic E-state index is -4.86. The second kappa shape index (κ2) is 10.2. The third-order valence-corrected chi connectivity index (χ3v) is 7.12. The highest BCUT2D eigenvalue weighted by molar-refractivity contribution is 7.87. The number of allylic oxidation sites excluding steroid dienone is 2. The van der Waals surface area contributed by atoms with Crippen LogP contribution < -0.4 is 10.1 Å². The fourth-order valence-electron chi connectivity index (χ4n) is 3.92. The summed E-state index contributed by atoms with van der Waals surface area (Å²) >= 11 is 0. The summed E-state index contributed by atoms with van der Waals surface area (Å²) in [6.07, 6.45) is 3.78. The summed E-state index contributed by atoms with van der Waals surface area (Å²) in [5.74, 6) is -0.230. The number of para-hydroxylation sites is 1. The zero-order valence-electron chi connectivity index (χ0n) is 19.1. The fourth-order valence-corrected chi connectivity index (χ4v) is 4.83. The first-order valence-electron chi connectivity index (χ1n) is 11.0. The molecule has 2 aromatic carbocycles. The lowest BCUT2D eigenvalue weighted by Crippen LogP contribution is -2.58. The molecule has 1 aliphatic carbocycles. The quantitative estimate of drug-likeness (QED) is 0.535. The summed E-state index contributed by atoms with van der Waals surface area (Å²) in [5.41, 5.74) is 1.81. The summed E-state index contributed by atoms with van der Waals surface area (Å²) < 4.78 is 42.5. The number of nitrogens with one attached hydrogen (secondary N) is 1. The zero-order chi connectivity index (χ0) is 24.1. The predicted molar refractivity (Wildman–Crippen MR) is 128 cm³/mol. The number of carbonyl (C=O) groups excluding carboxylic acids is 1. The standard InChI is InChI=1S/C25H30N2O5S/c1-4-19-12-10-11-15-22(19)32-23-17-16-21(27(5-2)6-3)18-25(23,33(29,30)31)26-24(28)20-13-8-7-9-14-20/h7-17H,4-6,18H2,1-3H3,(H,26,28)(H,29,30,31). The Labute approximate surface area is 195 Å². The molecule has 0 aromatic heterocycles. The molecule has 7 nitrogen and oxygen atoms in total. The first-order valence-corrected chi connectivity index (χ1v) is 12.5. The van der Waals surface area contributed by atoms with Gasteiger partial charge in [-0.2, -0.15) is 8.42 Å². The van der Waals surface area contributed by atoms with E-state index in [2.05, 4.69) is 5.32 Å². The molecular formula is C25H30N2O5S. The molecule has 3 rings (SSSR count). The lowest BCUT2D eigenvalue weighted by atomic mass is 10.00. The summed E-state index contributed by atoms with van der Waals surface area (Å²) in [7, 11) is -4.86. The van der Waals surface area contributed by atoms with Crippen molar-refractivity contribution < 1.29 is 22.5 Å². The van der Waals surface area contributed by atoms with Crippen LogP contribution in [0.15, 0.2) is 78.2 Å². The Morgan fingerprint density at radius 3 is 2.27 bits per heavy atom. The first kappa shape index (κ1) is 24.5. The highest BCUT2D eigenvalue weighted by Gasteiger charge is 2.52. The van der Waals surface area contributed by atoms with E-state index in [-0.39, 0.29) is 17.7 Å². The van der Waals surface area contributed by atoms with Crippen molar-refractivity contribution in [3.8, 4) is 5.75 Å². The third-order valence-electron chi connectivity index (χ3n) is 5.79. The lowest BCUT2D eigenvalue weighted by Gasteiger charge is -2.39. The van der Waals surface area contributed by atoms with E-state index in [9.17, 15) is 17.8 Å². The van der Waals surface area contributed by atoms with Gasteiger partial charge in [-0.15, -0.1) is 0 Å². The Morgan fingerprint density at radius 1 is 1.03 bits per heavy atom. The number of benzene rings is 2. The molecule has 1 atom stereocenters. The van der Waals surface area contributed by atoms with E-state index in [1.165, 1.54) is 6.08 Å². The number of hydrogen-bond donors (Lipinski definition) is 2. The van der Waals surface area contributed by atoms with E-state index in [1.54, 1.807) is 48.5 Å². The number of hydrogen-bond acceptors (Lipinski definition) is 5. The van der Waals surface area contributed by atoms with Crippen molar-refractivity contribution >= 4 is 16.0 Å². The van der Waals surface area contributed by atoms with Gasteiger partial charge in [0.15, 0.2) is 0 Å². The molecule has 1 unspecified atom stereocenters. The van der Waals surface area contributed by atoms with Crippen LogP contribution in [0.3, 0.4) is 0 Å². The van der Waals surface area contributed by atoms with Crippen LogP contribution >= 0.6 is 0 Å². The number of aryl methyl sites for hydroxylation is 1. The van der Waals surface area contributed by atoms with E-state index >= 15 is 0 Å². The summed E-state index contributed by atoms with van der Waals surface area (Å²) in [4.78, 5) is 12.9. The van der Waals surface area contributed by atoms with Gasteiger partial charge in [0.2, 0.25) is 4.87 Å². The van der Waals surface area contributed by atoms with Crippen LogP contribution in [-0.4, -0.2) is 41.7 Å². The highest BCUT2D eigenvalue weighted by atomic mass is 32.2. The van der Waals surface area contributed by atoms with E-state index in [4.69, 9.17) is 4.74 Å². The third kappa shape index (κ3) is 5.12. The van der Waals surface area contributed by atoms with Crippen molar-refractivity contribution in [1.82, 2.24) is 10.2 Å². The van der Waals surface area contributed by atoms with Gasteiger partial charge in [0.1, 0.15) is 11.5 Å². The average Bonchev–Trinajstić information content (AvgIpc) is 2.81. The Hall–Kier alpha value is -3.10. The maximum atomic E-state index is 13.1. The first-order chi connectivity index (χ1) is 15.8. The molecule has 0 aliphatic heterocycles. The summed E-state index contributed by atoms with van der Waals surface area (Å²) in [5, 5.41) is 2.59. The molecule has 0 bridgehead atoms. The number of amides is 1. The normalized spacial score (nSPS) is 18.2. The van der Waals surface area contributed by atoms with Crippen LogP contribution in [0.25, 0.3) is 0 Å². The van der Waals surface area contributed by atoms with E-state index < -0.39 is 20.9 Å². The van der Waals surface area contributed by atoms with Gasteiger partial charge in [0, 0.05) is 30.8 Å². The minimum absolute atomic E-state index is 0.0638. The SMILES string of the molecule is CCc1ccccc1OC1=CC=C(N(CC)CC)CC1(NC(=O)c1ccccc1)S(=O)(=O)O. The molecule has 0 heterocycles. The van der Waals surface area contributed by atoms with Gasteiger partial charge in [-0.1, -0.05) is 43.3 Å². The van der Waals surface area contributed by atoms with E-state index in [1.807, 2.05) is 37.8 Å². The second-order valence-corrected chi connectivity index (χ2v) is 9.37. The minimum Gasteiger partial charge on any atom is -0.458 e. The monoisotopic (exact) mass is 470 g/mol. The van der Waals surface area contributed by atoms with Gasteiger partial charge in [0.25, 0.3) is 16.0 Å². The van der Waals surface area contributed by atoms with Crippen LogP contribution in [0.2, 0.25) is 0 Å². The van der Waals surface area contributed by atoms with Crippen molar-refractivity contribution in [2.75, 3.05) is 13.1 Å². The Morgan fingerprint density at radius 2 is 1.67 bits per heavy atom. The molecule has 0 saturated heterocycles. The molecular weight excluding hydrogens is 440 g/mol. The van der Waals surface area contributed by atoms with Gasteiger partial charge in [0.05, 0.1) is 0 Å². The van der Waals surface area contributed by atoms with Crippen LogP contribution in [0, 0.1) is 0 Å². The van der Waals surface area contributed by atoms with Gasteiger partial charge in [-0.05, 0) is 56.2 Å². The number of carbonyl (C=O) groups is 1. The summed E-state index contributed by atoms with van der Waals surface area (Å²) in [6, 6.07) is 15.5. The van der Waals surface area contributed by atoms with E-state index in [0.29, 0.717) is 31.0 Å². The van der Waals surface area contributed by atoms with Gasteiger partial charge < -0.3 is 15.0 Å². The maximum Gasteiger partial charge on any atom is 0.297 e. The van der Waals surface area contributed by atoms with Crippen molar-refractivity contribution in [2.45, 2.75) is 38.5 Å². The van der Waals surface area contributed by atoms with Crippen LogP contribution in [-0.2, 0) is 16.5 Å². The van der Waals surface area contributed by atoms with Gasteiger partial charge in [-0.25, -0.2) is 0 Å². The van der Waals surface area contributed by atoms with Crippen LogP contribution in [0.5, 0.6) is 5.75 Å². The average molecular weight is 471 g/mol. The molecule has 1 aliphatic rings. The molecule has 1 amide bonds. The molecule has 2 N–H and O–H groups in total. The molecule has 176 valence electrons. The Kier molecular flexibility index (Phi) is 7.61. The number of rotatable bonds is 9. The van der Waals surface area contributed by atoms with Gasteiger partial charge in [-0.3, -0.25) is 9.35 Å². The Bertz CT molecular complexity index is 1150. The molecule has 0 saturated carbocycles. The topological polar surface area (TPSA) is 95.9 Å². The molecule has 0 radical (unpaired) electrons. The molecule has 33 heavy (non-hydrogen) atoms. The second-order valence-electron chi connectivity index (χ2n) is 7.72. The molecule has 0 spiro atoms. The molecule has 0 fully saturated rings. The van der Waals surface area contributed by atoms with Crippen molar-refractivity contribution in [3.63, 3.8) is 0 Å². The number of ether oxygens (including phenoxy) is 1. The van der Waals surface area contributed by atoms with Crippen LogP contribution in [0.4, 0.5) is 0 Å². The largest absolute Gasteiger partial charge is 0.458 e. The molecule has 2 aromatic rings. The Balaban J connectivity index is 2.14. The zero-order valence-corrected chi connectivity index (χ0v) is 19.9. The molecule has 8 heteroatoms. The van der Waals surface area contributed by atoms with Crippen molar-refractivity contribution in [2.24, 2.45) is 0 Å². The van der Waals surface area contributed by atoms with Gasteiger partial charge >= 0.3 is 0 Å². The summed E-state index contributed by atoms with van der Waals surface area (Å²) in [6.45, 7) is 7.14. The smallest absolute Gasteiger partial charge is 0.297 e. The van der Waals surface area contributed by atoms with Crippen molar-refractivity contribution in [1.29, 1.82) is 0 Å². The predicted octanol–water partition coefficient (Wildman–Crippen LogP) is 4.16. The van der Waals surface area contributed by atoms with Crippen molar-refractivity contribution in [3.05, 3.63) is 89.3 Å². The highest BCUT2D eigenvalue weighted by Crippen LogP contribution is 2.38. The number of nitrogens with zero attached hydrogens (tertiary/aromatic N) is 1. The van der Waals surface area contributed by atoms with E-state index in [0.717, 1.165) is 5.56 Å². The maximum absolute atomic E-state index is 13.1. The fraction of sp³-hybridized carbons (Fsp3) is 0.320.